The molecule has 0 saturated heterocycles. The van der Waals surface area contributed by atoms with Gasteiger partial charge in [0.15, 0.2) is 0 Å². The van der Waals surface area contributed by atoms with Gasteiger partial charge in [0.25, 0.3) is 0 Å². The van der Waals surface area contributed by atoms with E-state index in [1.54, 1.807) is 0 Å². The van der Waals surface area contributed by atoms with E-state index in [2.05, 4.69) is 58.2 Å². The van der Waals surface area contributed by atoms with Crippen LogP contribution in [0.2, 0.25) is 0 Å². The van der Waals surface area contributed by atoms with Gasteiger partial charge in [0, 0.05) is 19.3 Å². The predicted molar refractivity (Wildman–Crippen MR) is 70.6 cm³/mol. The molecule has 0 unspecified atom stereocenters. The number of hydrogen-bond donors (Lipinski definition) is 0. The fraction of sp³-hybridized carbons (Fsp3) is 0.267. The Hall–Kier alpha value is -1.83. The van der Waals surface area contributed by atoms with Crippen LogP contribution in [0, 0.1) is 0 Å². The van der Waals surface area contributed by atoms with Gasteiger partial charge in [0.2, 0.25) is 0 Å². The fourth-order valence-corrected chi connectivity index (χ4v) is 2.34. The summed E-state index contributed by atoms with van der Waals surface area (Å²) in [5, 5.41) is 0. The minimum Gasteiger partial charge on any atom is -0.342 e. The maximum atomic E-state index is 4.58. The number of hydrogen-bond acceptors (Lipinski definition) is 1. The van der Waals surface area contributed by atoms with Gasteiger partial charge in [-0.05, 0) is 30.5 Å². The Balaban J connectivity index is 1.87. The summed E-state index contributed by atoms with van der Waals surface area (Å²) in [6.45, 7) is 1.92. The molecule has 0 fully saturated rings. The lowest BCUT2D eigenvalue weighted by Crippen LogP contribution is -2.08. The highest BCUT2D eigenvalue weighted by molar-refractivity contribution is 6.00. The van der Waals surface area contributed by atoms with Gasteiger partial charge in [-0.3, -0.25) is 4.99 Å². The van der Waals surface area contributed by atoms with E-state index in [0.29, 0.717) is 0 Å². The lowest BCUT2D eigenvalue weighted by molar-refractivity contribution is 0.796. The van der Waals surface area contributed by atoms with Crippen LogP contribution in [0.5, 0.6) is 0 Å². The van der Waals surface area contributed by atoms with Gasteiger partial charge < -0.3 is 4.57 Å². The molecule has 1 aliphatic heterocycles. The molecule has 0 radical (unpaired) electrons. The summed E-state index contributed by atoms with van der Waals surface area (Å²) < 4.78 is 2.29. The molecule has 1 aliphatic rings. The van der Waals surface area contributed by atoms with Crippen molar-refractivity contribution in [1.29, 1.82) is 0 Å². The van der Waals surface area contributed by atoms with E-state index in [-0.39, 0.29) is 0 Å². The standard InChI is InChI=1S/C15H16N2/c1-2-6-13(7-3-1)12-17-11-5-9-15(17)14-8-4-10-16-14/h1-3,5-7,9,11H,4,8,10,12H2. The highest BCUT2D eigenvalue weighted by Gasteiger charge is 2.12. The number of rotatable bonds is 3. The van der Waals surface area contributed by atoms with E-state index in [1.807, 2.05) is 0 Å². The molecule has 86 valence electrons. The quantitative estimate of drug-likeness (QED) is 0.762. The third-order valence-corrected chi connectivity index (χ3v) is 3.20. The molecule has 0 bridgehead atoms. The van der Waals surface area contributed by atoms with E-state index in [4.69, 9.17) is 0 Å². The molecule has 17 heavy (non-hydrogen) atoms. The van der Waals surface area contributed by atoms with Crippen LogP contribution in [0.25, 0.3) is 0 Å². The highest BCUT2D eigenvalue weighted by atomic mass is 15.0. The lowest BCUT2D eigenvalue weighted by atomic mass is 10.2. The van der Waals surface area contributed by atoms with Crippen molar-refractivity contribution in [2.24, 2.45) is 4.99 Å². The molecule has 2 aromatic rings. The van der Waals surface area contributed by atoms with Gasteiger partial charge in [-0.2, -0.15) is 0 Å². The molecule has 0 N–H and O–H groups in total. The van der Waals surface area contributed by atoms with Crippen molar-refractivity contribution in [2.45, 2.75) is 19.4 Å². The lowest BCUT2D eigenvalue weighted by Gasteiger charge is -2.09. The molecule has 2 nitrogen and oxygen atoms in total. The van der Waals surface area contributed by atoms with Gasteiger partial charge in [-0.1, -0.05) is 30.3 Å². The minimum absolute atomic E-state index is 0.933. The SMILES string of the molecule is c1ccc(Cn2cccc2C2=NCCC2)cc1. The van der Waals surface area contributed by atoms with Crippen LogP contribution in [-0.4, -0.2) is 16.8 Å². The topological polar surface area (TPSA) is 17.3 Å². The Morgan fingerprint density at radius 1 is 1.06 bits per heavy atom. The van der Waals surface area contributed by atoms with Gasteiger partial charge >= 0.3 is 0 Å². The number of aromatic nitrogens is 1. The summed E-state index contributed by atoms with van der Waals surface area (Å²) in [5.74, 6) is 0. The Morgan fingerprint density at radius 3 is 2.71 bits per heavy atom. The summed E-state index contributed by atoms with van der Waals surface area (Å²) in [6, 6.07) is 14.9. The van der Waals surface area contributed by atoms with Crippen molar-refractivity contribution in [3.05, 3.63) is 59.9 Å². The molecular formula is C15H16N2. The Morgan fingerprint density at radius 2 is 1.94 bits per heavy atom. The van der Waals surface area contributed by atoms with Crippen LogP contribution in [0.15, 0.2) is 53.7 Å². The maximum absolute atomic E-state index is 4.58. The van der Waals surface area contributed by atoms with Crippen molar-refractivity contribution < 1.29 is 0 Å². The van der Waals surface area contributed by atoms with E-state index in [1.165, 1.54) is 23.4 Å². The summed E-state index contributed by atoms with van der Waals surface area (Å²) in [5.41, 5.74) is 3.89. The average Bonchev–Trinajstić information content (AvgIpc) is 3.00. The summed E-state index contributed by atoms with van der Waals surface area (Å²) in [4.78, 5) is 4.58. The van der Waals surface area contributed by atoms with Crippen LogP contribution in [-0.2, 0) is 6.54 Å². The maximum Gasteiger partial charge on any atom is 0.0623 e. The molecule has 1 aromatic heterocycles. The molecular weight excluding hydrogens is 208 g/mol. The molecule has 0 aliphatic carbocycles. The molecule has 2 heterocycles. The third-order valence-electron chi connectivity index (χ3n) is 3.20. The zero-order valence-corrected chi connectivity index (χ0v) is 9.84. The van der Waals surface area contributed by atoms with Crippen molar-refractivity contribution in [3.63, 3.8) is 0 Å². The first-order valence-electron chi connectivity index (χ1n) is 6.16. The molecule has 0 atom stereocenters. The zero-order valence-electron chi connectivity index (χ0n) is 9.84. The van der Waals surface area contributed by atoms with Crippen LogP contribution < -0.4 is 0 Å². The molecule has 3 rings (SSSR count). The number of nitrogens with zero attached hydrogens (tertiary/aromatic N) is 2. The van der Waals surface area contributed by atoms with E-state index in [9.17, 15) is 0 Å². The van der Waals surface area contributed by atoms with Gasteiger partial charge in [0.05, 0.1) is 11.4 Å². The number of benzene rings is 1. The monoisotopic (exact) mass is 224 g/mol. The molecule has 2 heteroatoms. The molecule has 0 amide bonds. The zero-order chi connectivity index (χ0) is 11.5. The Kier molecular flexibility index (Phi) is 2.78. The normalized spacial score (nSPS) is 14.9. The van der Waals surface area contributed by atoms with Crippen LogP contribution in [0.3, 0.4) is 0 Å². The van der Waals surface area contributed by atoms with Crippen LogP contribution in [0.1, 0.15) is 24.1 Å². The Bertz CT molecular complexity index is 523. The Labute approximate surface area is 102 Å². The smallest absolute Gasteiger partial charge is 0.0623 e. The van der Waals surface area contributed by atoms with Crippen LogP contribution >= 0.6 is 0 Å². The van der Waals surface area contributed by atoms with Crippen LogP contribution in [0.4, 0.5) is 0 Å². The summed E-state index contributed by atoms with van der Waals surface area (Å²) in [6.07, 6.45) is 4.47. The molecule has 0 saturated carbocycles. The van der Waals surface area contributed by atoms with E-state index >= 15 is 0 Å². The largest absolute Gasteiger partial charge is 0.342 e. The van der Waals surface area contributed by atoms with E-state index in [0.717, 1.165) is 19.5 Å². The molecule has 1 aromatic carbocycles. The first kappa shape index (κ1) is 10.3. The van der Waals surface area contributed by atoms with Crippen molar-refractivity contribution in [1.82, 2.24) is 4.57 Å². The summed E-state index contributed by atoms with van der Waals surface area (Å²) >= 11 is 0. The third kappa shape index (κ3) is 2.16. The van der Waals surface area contributed by atoms with Gasteiger partial charge in [-0.25, -0.2) is 0 Å². The first-order chi connectivity index (χ1) is 8.43. The van der Waals surface area contributed by atoms with Crippen molar-refractivity contribution in [2.75, 3.05) is 6.54 Å². The highest BCUT2D eigenvalue weighted by Crippen LogP contribution is 2.15. The second kappa shape index (κ2) is 4.58. The van der Waals surface area contributed by atoms with E-state index < -0.39 is 0 Å². The average molecular weight is 224 g/mol. The first-order valence-corrected chi connectivity index (χ1v) is 6.16. The van der Waals surface area contributed by atoms with Gasteiger partial charge in [-0.15, -0.1) is 0 Å². The van der Waals surface area contributed by atoms with Crippen molar-refractivity contribution in [3.8, 4) is 0 Å². The van der Waals surface area contributed by atoms with Crippen molar-refractivity contribution >= 4 is 5.71 Å². The fourth-order valence-electron chi connectivity index (χ4n) is 2.34. The number of aliphatic imine (C=N–C) groups is 1. The molecule has 0 spiro atoms. The second-order valence-electron chi connectivity index (χ2n) is 4.44. The predicted octanol–water partition coefficient (Wildman–Crippen LogP) is 3.12. The summed E-state index contributed by atoms with van der Waals surface area (Å²) in [7, 11) is 0. The second-order valence-corrected chi connectivity index (χ2v) is 4.44. The van der Waals surface area contributed by atoms with Gasteiger partial charge in [0.1, 0.15) is 0 Å². The minimum atomic E-state index is 0.933.